The van der Waals surface area contributed by atoms with Gasteiger partial charge in [-0.2, -0.15) is 0 Å². The standard InChI is InChI=1S/C9H14O5/c1-8-4-12-9(13-5-8,14-6-8)3-2-7(10)11/h2-6H2,1H3,(H,10,11). The molecule has 0 aromatic rings. The predicted octanol–water partition coefficient (Wildman–Crippen LogP) is 0.588. The number of carbonyl (C=O) groups is 1. The monoisotopic (exact) mass is 202 g/mol. The van der Waals surface area contributed by atoms with E-state index in [4.69, 9.17) is 19.3 Å². The zero-order chi connectivity index (χ0) is 10.2. The number of hydrogen-bond donors (Lipinski definition) is 1. The Bertz CT molecular complexity index is 225. The van der Waals surface area contributed by atoms with Crippen LogP contribution < -0.4 is 0 Å². The molecule has 3 fully saturated rings. The van der Waals surface area contributed by atoms with E-state index in [2.05, 4.69) is 0 Å². The highest BCUT2D eigenvalue weighted by Crippen LogP contribution is 2.40. The Labute approximate surface area is 81.9 Å². The van der Waals surface area contributed by atoms with E-state index < -0.39 is 11.9 Å². The number of aliphatic carboxylic acids is 1. The van der Waals surface area contributed by atoms with Crippen molar-refractivity contribution in [1.29, 1.82) is 0 Å². The fourth-order valence-electron chi connectivity index (χ4n) is 1.58. The van der Waals surface area contributed by atoms with Gasteiger partial charge in [0.2, 0.25) is 0 Å². The van der Waals surface area contributed by atoms with Gasteiger partial charge in [-0.25, -0.2) is 0 Å². The van der Waals surface area contributed by atoms with Gasteiger partial charge in [0.1, 0.15) is 0 Å². The smallest absolute Gasteiger partial charge is 0.303 e. The molecule has 0 radical (unpaired) electrons. The summed E-state index contributed by atoms with van der Waals surface area (Å²) in [6.07, 6.45) is 0.245. The summed E-state index contributed by atoms with van der Waals surface area (Å²) in [5.74, 6) is -1.95. The largest absolute Gasteiger partial charge is 0.481 e. The molecule has 0 unspecified atom stereocenters. The van der Waals surface area contributed by atoms with Crippen molar-refractivity contribution < 1.29 is 24.1 Å². The van der Waals surface area contributed by atoms with Gasteiger partial charge in [-0.1, -0.05) is 6.92 Å². The van der Waals surface area contributed by atoms with E-state index in [1.807, 2.05) is 6.92 Å². The minimum atomic E-state index is -1.09. The van der Waals surface area contributed by atoms with Gasteiger partial charge < -0.3 is 19.3 Å². The minimum Gasteiger partial charge on any atom is -0.481 e. The Balaban J connectivity index is 1.95. The summed E-state index contributed by atoms with van der Waals surface area (Å²) in [5.41, 5.74) is -0.0645. The SMILES string of the molecule is CC12COC(CCC(=O)O)(OC1)OC2. The normalized spacial score (nSPS) is 41.2. The van der Waals surface area contributed by atoms with Crippen molar-refractivity contribution in [2.75, 3.05) is 19.8 Å². The Morgan fingerprint density at radius 3 is 2.21 bits per heavy atom. The van der Waals surface area contributed by atoms with Crippen LogP contribution in [0.5, 0.6) is 0 Å². The molecule has 0 saturated carbocycles. The molecule has 3 rings (SSSR count). The van der Waals surface area contributed by atoms with Gasteiger partial charge >= 0.3 is 5.97 Å². The summed E-state index contributed by atoms with van der Waals surface area (Å²) in [6, 6.07) is 0. The maximum atomic E-state index is 10.4. The fourth-order valence-corrected chi connectivity index (χ4v) is 1.58. The topological polar surface area (TPSA) is 65.0 Å². The summed E-state index contributed by atoms with van der Waals surface area (Å²) < 4.78 is 16.2. The maximum absolute atomic E-state index is 10.4. The highest BCUT2D eigenvalue weighted by Gasteiger charge is 2.50. The first kappa shape index (κ1) is 9.89. The van der Waals surface area contributed by atoms with Crippen LogP contribution in [-0.4, -0.2) is 36.9 Å². The van der Waals surface area contributed by atoms with Gasteiger partial charge in [0.25, 0.3) is 5.97 Å². The van der Waals surface area contributed by atoms with Crippen molar-refractivity contribution >= 4 is 5.97 Å². The zero-order valence-corrected chi connectivity index (χ0v) is 8.12. The van der Waals surface area contributed by atoms with Crippen LogP contribution in [0.2, 0.25) is 0 Å². The van der Waals surface area contributed by atoms with Crippen LogP contribution in [0.25, 0.3) is 0 Å². The number of carboxylic acids is 1. The molecule has 0 amide bonds. The van der Waals surface area contributed by atoms with Crippen LogP contribution in [0.3, 0.4) is 0 Å². The van der Waals surface area contributed by atoms with E-state index >= 15 is 0 Å². The molecule has 0 aromatic heterocycles. The van der Waals surface area contributed by atoms with Crippen LogP contribution in [0.15, 0.2) is 0 Å². The summed E-state index contributed by atoms with van der Waals surface area (Å²) in [7, 11) is 0. The van der Waals surface area contributed by atoms with E-state index in [1.165, 1.54) is 0 Å². The first-order chi connectivity index (χ1) is 6.54. The zero-order valence-electron chi connectivity index (χ0n) is 8.12. The molecule has 3 aliphatic heterocycles. The van der Waals surface area contributed by atoms with Crippen molar-refractivity contribution in [2.45, 2.75) is 25.7 Å². The molecule has 3 saturated heterocycles. The van der Waals surface area contributed by atoms with Crippen LogP contribution in [-0.2, 0) is 19.0 Å². The van der Waals surface area contributed by atoms with Crippen molar-refractivity contribution in [3.8, 4) is 0 Å². The molecule has 3 aliphatic rings. The van der Waals surface area contributed by atoms with Crippen LogP contribution in [0, 0.1) is 5.41 Å². The Morgan fingerprint density at radius 1 is 1.29 bits per heavy atom. The molecule has 80 valence electrons. The van der Waals surface area contributed by atoms with Crippen molar-refractivity contribution in [3.63, 3.8) is 0 Å². The molecule has 0 atom stereocenters. The molecule has 5 nitrogen and oxygen atoms in total. The summed E-state index contributed by atoms with van der Waals surface area (Å²) >= 11 is 0. The molecule has 0 aliphatic carbocycles. The molecule has 2 bridgehead atoms. The second-order valence-corrected chi connectivity index (χ2v) is 4.25. The summed E-state index contributed by atoms with van der Waals surface area (Å²) in [6.45, 7) is 3.75. The molecule has 0 spiro atoms. The van der Waals surface area contributed by atoms with Gasteiger partial charge in [-0.3, -0.25) is 4.79 Å². The number of rotatable bonds is 3. The molecule has 1 N–H and O–H groups in total. The van der Waals surface area contributed by atoms with Gasteiger partial charge in [-0.15, -0.1) is 0 Å². The van der Waals surface area contributed by atoms with Gasteiger partial charge in [0, 0.05) is 11.8 Å². The maximum Gasteiger partial charge on any atom is 0.303 e. The molecule has 3 heterocycles. The highest BCUT2D eigenvalue weighted by molar-refractivity contribution is 5.66. The third-order valence-corrected chi connectivity index (χ3v) is 2.57. The van der Waals surface area contributed by atoms with Crippen LogP contribution in [0.1, 0.15) is 19.8 Å². The molecule has 14 heavy (non-hydrogen) atoms. The lowest BCUT2D eigenvalue weighted by atomic mass is 9.91. The Morgan fingerprint density at radius 2 is 1.79 bits per heavy atom. The number of hydrogen-bond acceptors (Lipinski definition) is 4. The molecular formula is C9H14O5. The molecule has 5 heteroatoms. The van der Waals surface area contributed by atoms with Gasteiger partial charge in [0.05, 0.1) is 26.2 Å². The third-order valence-electron chi connectivity index (χ3n) is 2.57. The lowest BCUT2D eigenvalue weighted by Gasteiger charge is -2.50. The van der Waals surface area contributed by atoms with Crippen LogP contribution >= 0.6 is 0 Å². The second-order valence-electron chi connectivity index (χ2n) is 4.25. The minimum absolute atomic E-state index is 0.00326. The lowest BCUT2D eigenvalue weighted by Crippen LogP contribution is -2.58. The van der Waals surface area contributed by atoms with Crippen molar-refractivity contribution in [2.24, 2.45) is 5.41 Å². The van der Waals surface area contributed by atoms with Crippen molar-refractivity contribution in [1.82, 2.24) is 0 Å². The van der Waals surface area contributed by atoms with Gasteiger partial charge in [0.15, 0.2) is 0 Å². The fraction of sp³-hybridized carbons (Fsp3) is 0.889. The van der Waals surface area contributed by atoms with E-state index in [9.17, 15) is 4.79 Å². The number of fused-ring (bicyclic) bond motifs is 3. The first-order valence-corrected chi connectivity index (χ1v) is 4.67. The van der Waals surface area contributed by atoms with Crippen molar-refractivity contribution in [3.05, 3.63) is 0 Å². The average molecular weight is 202 g/mol. The Kier molecular flexibility index (Phi) is 2.25. The number of ether oxygens (including phenoxy) is 3. The second kappa shape index (κ2) is 3.18. The molecular weight excluding hydrogens is 188 g/mol. The Hall–Kier alpha value is -0.650. The van der Waals surface area contributed by atoms with E-state index in [-0.39, 0.29) is 18.3 Å². The predicted molar refractivity (Wildman–Crippen MR) is 45.6 cm³/mol. The summed E-state index contributed by atoms with van der Waals surface area (Å²) in [5, 5.41) is 8.55. The van der Waals surface area contributed by atoms with E-state index in [1.54, 1.807) is 0 Å². The first-order valence-electron chi connectivity index (χ1n) is 4.67. The number of carboxylic acid groups (broad SMARTS) is 1. The third kappa shape index (κ3) is 1.75. The lowest BCUT2D eigenvalue weighted by molar-refractivity contribution is -0.467. The quantitative estimate of drug-likeness (QED) is 0.725. The van der Waals surface area contributed by atoms with Gasteiger partial charge in [-0.05, 0) is 0 Å². The van der Waals surface area contributed by atoms with Crippen LogP contribution in [0.4, 0.5) is 0 Å². The molecule has 0 aromatic carbocycles. The summed E-state index contributed by atoms with van der Waals surface area (Å²) in [4.78, 5) is 10.4. The van der Waals surface area contributed by atoms with E-state index in [0.29, 0.717) is 19.8 Å². The van der Waals surface area contributed by atoms with E-state index in [0.717, 1.165) is 0 Å². The highest BCUT2D eigenvalue weighted by atomic mass is 16.9. The average Bonchev–Trinajstić information content (AvgIpc) is 2.17.